The maximum atomic E-state index is 11.4. The number of hydrogen-bond acceptors (Lipinski definition) is 3. The molecule has 2 unspecified atom stereocenters. The van der Waals surface area contributed by atoms with Crippen LogP contribution >= 0.6 is 0 Å². The minimum absolute atomic E-state index is 0.101. The average Bonchev–Trinajstić information content (AvgIpc) is 2.48. The van der Waals surface area contributed by atoms with Crippen molar-refractivity contribution < 1.29 is 19.8 Å². The number of aliphatic hydroxyl groups excluding tert-OH is 1. The topological polar surface area (TPSA) is 77.8 Å². The van der Waals surface area contributed by atoms with Crippen LogP contribution in [0.3, 0.4) is 0 Å². The molecule has 1 fully saturated rings. The molecule has 0 aromatic rings. The van der Waals surface area contributed by atoms with Crippen molar-refractivity contribution in [3.63, 3.8) is 0 Å². The maximum absolute atomic E-state index is 11.4. The van der Waals surface area contributed by atoms with Gasteiger partial charge in [0.2, 0.25) is 5.91 Å². The van der Waals surface area contributed by atoms with E-state index in [9.17, 15) is 14.7 Å². The summed E-state index contributed by atoms with van der Waals surface area (Å²) < 4.78 is 0. The van der Waals surface area contributed by atoms with Crippen LogP contribution in [0.2, 0.25) is 0 Å². The Morgan fingerprint density at radius 1 is 1.57 bits per heavy atom. The van der Waals surface area contributed by atoms with Crippen LogP contribution < -0.4 is 0 Å². The molecule has 5 heteroatoms. The molecule has 1 rings (SSSR count). The second kappa shape index (κ2) is 4.23. The van der Waals surface area contributed by atoms with Crippen molar-refractivity contribution in [3.8, 4) is 0 Å². The normalized spacial score (nSPS) is 26.2. The molecule has 0 saturated carbocycles. The second-order valence-corrected chi connectivity index (χ2v) is 3.28. The number of amides is 1. The van der Waals surface area contributed by atoms with E-state index in [1.807, 2.05) is 0 Å². The SMILES string of the molecule is C=CCC(=O)N1CC(O)CC1C(=O)O. The molecule has 5 nitrogen and oxygen atoms in total. The molecular formula is C9H13NO4. The summed E-state index contributed by atoms with van der Waals surface area (Å²) in [7, 11) is 0. The van der Waals surface area contributed by atoms with Crippen molar-refractivity contribution in [2.45, 2.75) is 25.0 Å². The lowest BCUT2D eigenvalue weighted by Gasteiger charge is -2.20. The third kappa shape index (κ3) is 2.11. The first-order chi connectivity index (χ1) is 6.56. The molecule has 0 aromatic heterocycles. The van der Waals surface area contributed by atoms with Crippen LogP contribution in [0.5, 0.6) is 0 Å². The predicted octanol–water partition coefficient (Wildman–Crippen LogP) is -0.391. The Hall–Kier alpha value is -1.36. The Bertz CT molecular complexity index is 264. The first-order valence-electron chi connectivity index (χ1n) is 4.37. The third-order valence-corrected chi connectivity index (χ3v) is 2.20. The predicted molar refractivity (Wildman–Crippen MR) is 48.6 cm³/mol. The third-order valence-electron chi connectivity index (χ3n) is 2.20. The van der Waals surface area contributed by atoms with E-state index in [0.717, 1.165) is 0 Å². The van der Waals surface area contributed by atoms with Gasteiger partial charge in [0.1, 0.15) is 6.04 Å². The maximum Gasteiger partial charge on any atom is 0.326 e. The van der Waals surface area contributed by atoms with Crippen molar-refractivity contribution in [1.82, 2.24) is 4.90 Å². The number of rotatable bonds is 3. The van der Waals surface area contributed by atoms with Crippen molar-refractivity contribution >= 4 is 11.9 Å². The highest BCUT2D eigenvalue weighted by Gasteiger charge is 2.38. The molecule has 1 amide bonds. The molecule has 1 saturated heterocycles. The molecule has 1 heterocycles. The summed E-state index contributed by atoms with van der Waals surface area (Å²) in [5.41, 5.74) is 0. The smallest absolute Gasteiger partial charge is 0.326 e. The van der Waals surface area contributed by atoms with Crippen LogP contribution in [0.25, 0.3) is 0 Å². The number of carbonyl (C=O) groups excluding carboxylic acids is 1. The molecule has 14 heavy (non-hydrogen) atoms. The molecule has 0 spiro atoms. The fraction of sp³-hybridized carbons (Fsp3) is 0.556. The van der Waals surface area contributed by atoms with Crippen LogP contribution in [0.15, 0.2) is 12.7 Å². The highest BCUT2D eigenvalue weighted by Crippen LogP contribution is 2.19. The van der Waals surface area contributed by atoms with E-state index < -0.39 is 18.1 Å². The summed E-state index contributed by atoms with van der Waals surface area (Å²) in [5, 5.41) is 18.0. The van der Waals surface area contributed by atoms with E-state index in [1.165, 1.54) is 11.0 Å². The van der Waals surface area contributed by atoms with Crippen LogP contribution in [0.4, 0.5) is 0 Å². The van der Waals surface area contributed by atoms with Crippen molar-refractivity contribution in [3.05, 3.63) is 12.7 Å². The number of hydrogen-bond donors (Lipinski definition) is 2. The summed E-state index contributed by atoms with van der Waals surface area (Å²) in [6.45, 7) is 3.50. The van der Waals surface area contributed by atoms with E-state index in [1.54, 1.807) is 0 Å². The van der Waals surface area contributed by atoms with E-state index >= 15 is 0 Å². The molecule has 2 N–H and O–H groups in total. The highest BCUT2D eigenvalue weighted by atomic mass is 16.4. The standard InChI is InChI=1S/C9H13NO4/c1-2-3-8(12)10-5-6(11)4-7(10)9(13)14/h2,6-7,11H,1,3-5H2,(H,13,14). The van der Waals surface area contributed by atoms with Crippen LogP contribution in [-0.4, -0.2) is 45.7 Å². The minimum Gasteiger partial charge on any atom is -0.480 e. The first kappa shape index (κ1) is 10.7. The van der Waals surface area contributed by atoms with Gasteiger partial charge in [-0.2, -0.15) is 0 Å². The summed E-state index contributed by atoms with van der Waals surface area (Å²) in [6, 6.07) is -0.891. The molecule has 0 aromatic carbocycles. The zero-order chi connectivity index (χ0) is 10.7. The average molecular weight is 199 g/mol. The lowest BCUT2D eigenvalue weighted by Crippen LogP contribution is -2.40. The van der Waals surface area contributed by atoms with Gasteiger partial charge in [0, 0.05) is 19.4 Å². The Morgan fingerprint density at radius 2 is 2.21 bits per heavy atom. The zero-order valence-corrected chi connectivity index (χ0v) is 7.72. The fourth-order valence-corrected chi connectivity index (χ4v) is 1.56. The number of carboxylic acids is 1. The fourth-order valence-electron chi connectivity index (χ4n) is 1.56. The molecule has 1 aliphatic rings. The van der Waals surface area contributed by atoms with E-state index in [2.05, 4.69) is 6.58 Å². The Balaban J connectivity index is 2.70. The molecule has 0 radical (unpaired) electrons. The number of likely N-dealkylation sites (tertiary alicyclic amines) is 1. The molecule has 1 aliphatic heterocycles. The first-order valence-corrected chi connectivity index (χ1v) is 4.37. The molecule has 2 atom stereocenters. The van der Waals surface area contributed by atoms with Gasteiger partial charge in [0.25, 0.3) is 0 Å². The number of nitrogens with zero attached hydrogens (tertiary/aromatic N) is 1. The van der Waals surface area contributed by atoms with Gasteiger partial charge in [0.05, 0.1) is 6.10 Å². The van der Waals surface area contributed by atoms with Gasteiger partial charge in [0.15, 0.2) is 0 Å². The lowest BCUT2D eigenvalue weighted by atomic mass is 10.2. The highest BCUT2D eigenvalue weighted by molar-refractivity contribution is 5.85. The molecular weight excluding hydrogens is 186 g/mol. The number of carbonyl (C=O) groups is 2. The zero-order valence-electron chi connectivity index (χ0n) is 7.72. The van der Waals surface area contributed by atoms with Gasteiger partial charge in [-0.05, 0) is 0 Å². The Kier molecular flexibility index (Phi) is 3.24. The number of aliphatic carboxylic acids is 1. The summed E-state index contributed by atoms with van der Waals surface area (Å²) in [5.74, 6) is -1.37. The van der Waals surface area contributed by atoms with Crippen molar-refractivity contribution in [2.75, 3.05) is 6.54 Å². The quantitative estimate of drug-likeness (QED) is 0.607. The molecule has 0 bridgehead atoms. The van der Waals surface area contributed by atoms with Gasteiger partial charge in [-0.3, -0.25) is 4.79 Å². The van der Waals surface area contributed by atoms with Gasteiger partial charge in [-0.1, -0.05) is 6.08 Å². The summed E-state index contributed by atoms with van der Waals surface area (Å²) in [6.07, 6.45) is 0.908. The number of aliphatic hydroxyl groups is 1. The molecule has 0 aliphatic carbocycles. The van der Waals surface area contributed by atoms with Crippen LogP contribution in [0, 0.1) is 0 Å². The largest absolute Gasteiger partial charge is 0.480 e. The summed E-state index contributed by atoms with van der Waals surface area (Å²) in [4.78, 5) is 23.3. The van der Waals surface area contributed by atoms with Gasteiger partial charge in [-0.25, -0.2) is 4.79 Å². The van der Waals surface area contributed by atoms with Crippen LogP contribution in [0.1, 0.15) is 12.8 Å². The minimum atomic E-state index is -1.07. The second-order valence-electron chi connectivity index (χ2n) is 3.28. The van der Waals surface area contributed by atoms with Gasteiger partial charge < -0.3 is 15.1 Å². The number of β-amino-alcohol motifs (C(OH)–C–C–N with tert-alkyl or cyclic N) is 1. The van der Waals surface area contributed by atoms with Gasteiger partial charge in [-0.15, -0.1) is 6.58 Å². The van der Waals surface area contributed by atoms with Crippen LogP contribution in [-0.2, 0) is 9.59 Å². The van der Waals surface area contributed by atoms with Crippen molar-refractivity contribution in [1.29, 1.82) is 0 Å². The van der Waals surface area contributed by atoms with E-state index in [-0.39, 0.29) is 25.3 Å². The Morgan fingerprint density at radius 3 is 2.71 bits per heavy atom. The summed E-state index contributed by atoms with van der Waals surface area (Å²) >= 11 is 0. The lowest BCUT2D eigenvalue weighted by molar-refractivity contribution is -0.147. The number of carboxylic acid groups (broad SMARTS) is 1. The van der Waals surface area contributed by atoms with Crippen molar-refractivity contribution in [2.24, 2.45) is 0 Å². The Labute approximate surface area is 81.6 Å². The van der Waals surface area contributed by atoms with Gasteiger partial charge >= 0.3 is 5.97 Å². The van der Waals surface area contributed by atoms with E-state index in [0.29, 0.717) is 0 Å². The van der Waals surface area contributed by atoms with E-state index in [4.69, 9.17) is 5.11 Å². The molecule has 78 valence electrons. The monoisotopic (exact) mass is 199 g/mol.